The summed E-state index contributed by atoms with van der Waals surface area (Å²) in [6, 6.07) is 9.68. The molecule has 3 N–H and O–H groups in total. The van der Waals surface area contributed by atoms with E-state index in [-0.39, 0.29) is 11.3 Å². The highest BCUT2D eigenvalue weighted by Gasteiger charge is 2.36. The molecule has 1 heterocycles. The first-order chi connectivity index (χ1) is 11.1. The zero-order chi connectivity index (χ0) is 16.3. The number of benzene rings is 1. The summed E-state index contributed by atoms with van der Waals surface area (Å²) in [5.41, 5.74) is 7.28. The van der Waals surface area contributed by atoms with Crippen molar-refractivity contribution in [2.75, 3.05) is 6.54 Å². The molecule has 5 heteroatoms. The molecule has 1 aliphatic rings. The minimum Gasteiger partial charge on any atom is -0.467 e. The van der Waals surface area contributed by atoms with E-state index in [4.69, 9.17) is 21.8 Å². The van der Waals surface area contributed by atoms with Gasteiger partial charge in [-0.15, -0.1) is 0 Å². The number of hydrogen-bond donors (Lipinski definition) is 2. The summed E-state index contributed by atoms with van der Waals surface area (Å²) in [5, 5.41) is 3.79. The highest BCUT2D eigenvalue weighted by Crippen LogP contribution is 2.41. The molecule has 0 spiro atoms. The smallest absolute Gasteiger partial charge is 0.254 e. The maximum atomic E-state index is 12.3. The van der Waals surface area contributed by atoms with Crippen molar-refractivity contribution in [3.8, 4) is 0 Å². The van der Waals surface area contributed by atoms with Crippen LogP contribution in [-0.4, -0.2) is 12.5 Å². The van der Waals surface area contributed by atoms with Gasteiger partial charge < -0.3 is 15.5 Å². The van der Waals surface area contributed by atoms with E-state index in [1.807, 2.05) is 12.1 Å². The number of furan rings is 1. The van der Waals surface area contributed by atoms with Gasteiger partial charge in [-0.05, 0) is 36.6 Å². The lowest BCUT2D eigenvalue weighted by Gasteiger charge is -2.30. The van der Waals surface area contributed by atoms with E-state index in [0.29, 0.717) is 24.4 Å². The second kappa shape index (κ2) is 6.77. The van der Waals surface area contributed by atoms with Crippen LogP contribution < -0.4 is 11.1 Å². The van der Waals surface area contributed by atoms with Gasteiger partial charge in [0.2, 0.25) is 0 Å². The summed E-state index contributed by atoms with van der Waals surface area (Å²) in [7, 11) is 0. The molecular weight excluding hydrogens is 312 g/mol. The summed E-state index contributed by atoms with van der Waals surface area (Å²) in [5.74, 6) is 0.497. The highest BCUT2D eigenvalue weighted by atomic mass is 35.5. The van der Waals surface area contributed by atoms with E-state index in [2.05, 4.69) is 17.4 Å². The number of halogens is 1. The van der Waals surface area contributed by atoms with Crippen molar-refractivity contribution in [1.82, 2.24) is 5.32 Å². The fraction of sp³-hybridized carbons (Fsp3) is 0.389. The van der Waals surface area contributed by atoms with E-state index < -0.39 is 0 Å². The van der Waals surface area contributed by atoms with Crippen LogP contribution in [0.4, 0.5) is 0 Å². The van der Waals surface area contributed by atoms with Crippen LogP contribution in [0.15, 0.2) is 41.0 Å². The molecule has 0 atom stereocenters. The summed E-state index contributed by atoms with van der Waals surface area (Å²) in [4.78, 5) is 12.3. The predicted octanol–water partition coefficient (Wildman–Crippen LogP) is 3.63. The van der Waals surface area contributed by atoms with E-state index >= 15 is 0 Å². The van der Waals surface area contributed by atoms with Gasteiger partial charge in [-0.2, -0.15) is 0 Å². The van der Waals surface area contributed by atoms with Crippen molar-refractivity contribution >= 4 is 17.5 Å². The molecule has 2 aromatic rings. The Morgan fingerprint density at radius 1 is 1.26 bits per heavy atom. The van der Waals surface area contributed by atoms with Crippen LogP contribution in [-0.2, 0) is 12.0 Å². The second-order valence-corrected chi connectivity index (χ2v) is 6.62. The fourth-order valence-electron chi connectivity index (χ4n) is 3.38. The van der Waals surface area contributed by atoms with Gasteiger partial charge in [0, 0.05) is 17.0 Å². The van der Waals surface area contributed by atoms with Crippen LogP contribution >= 0.6 is 11.6 Å². The first kappa shape index (κ1) is 16.1. The van der Waals surface area contributed by atoms with Crippen LogP contribution in [0.3, 0.4) is 0 Å². The third-order valence-corrected chi connectivity index (χ3v) is 4.97. The largest absolute Gasteiger partial charge is 0.467 e. The normalized spacial score (nSPS) is 16.4. The second-order valence-electron chi connectivity index (χ2n) is 6.18. The predicted molar refractivity (Wildman–Crippen MR) is 90.5 cm³/mol. The molecule has 1 saturated carbocycles. The van der Waals surface area contributed by atoms with Crippen LogP contribution in [0.5, 0.6) is 0 Å². The number of hydrogen-bond acceptors (Lipinski definition) is 3. The minimum atomic E-state index is -0.117. The molecular formula is C18H21ClN2O2. The molecule has 0 unspecified atom stereocenters. The average Bonchev–Trinajstić information content (AvgIpc) is 3.23. The zero-order valence-corrected chi connectivity index (χ0v) is 13.7. The lowest BCUT2D eigenvalue weighted by atomic mass is 9.79. The van der Waals surface area contributed by atoms with Gasteiger partial charge in [-0.25, -0.2) is 0 Å². The molecule has 0 saturated heterocycles. The number of amides is 1. The Morgan fingerprint density at radius 3 is 2.57 bits per heavy atom. The number of nitrogens with two attached hydrogens (primary N) is 1. The van der Waals surface area contributed by atoms with Gasteiger partial charge in [0.1, 0.15) is 12.0 Å². The van der Waals surface area contributed by atoms with E-state index in [0.717, 1.165) is 17.9 Å². The molecule has 0 aliphatic heterocycles. The van der Waals surface area contributed by atoms with Gasteiger partial charge in [-0.3, -0.25) is 4.79 Å². The van der Waals surface area contributed by atoms with Crippen molar-refractivity contribution in [1.29, 1.82) is 0 Å². The Labute approximate surface area is 141 Å². The number of carbonyl (C=O) groups is 1. The molecule has 23 heavy (non-hydrogen) atoms. The van der Waals surface area contributed by atoms with Gasteiger partial charge in [0.15, 0.2) is 0 Å². The summed E-state index contributed by atoms with van der Waals surface area (Å²) in [6.45, 7) is 0.915. The molecule has 122 valence electrons. The van der Waals surface area contributed by atoms with Crippen molar-refractivity contribution < 1.29 is 9.21 Å². The van der Waals surface area contributed by atoms with E-state index in [1.54, 1.807) is 6.07 Å². The third-order valence-electron chi connectivity index (χ3n) is 4.72. The number of nitrogens with one attached hydrogen (secondary N) is 1. The fourth-order valence-corrected chi connectivity index (χ4v) is 3.51. The first-order valence-electron chi connectivity index (χ1n) is 7.95. The zero-order valence-electron chi connectivity index (χ0n) is 13.0. The lowest BCUT2D eigenvalue weighted by molar-refractivity contribution is 0.0942. The first-order valence-corrected chi connectivity index (χ1v) is 8.32. The minimum absolute atomic E-state index is 0.000677. The molecule has 0 radical (unpaired) electrons. The van der Waals surface area contributed by atoms with Crippen molar-refractivity contribution in [3.05, 3.63) is 58.5 Å². The Bertz CT molecular complexity index is 673. The lowest BCUT2D eigenvalue weighted by Crippen LogP contribution is -2.38. The number of carbonyl (C=O) groups excluding carboxylic acids is 1. The Hall–Kier alpha value is -1.78. The molecule has 1 aromatic heterocycles. The Kier molecular flexibility index (Phi) is 4.74. The summed E-state index contributed by atoms with van der Waals surface area (Å²) >= 11 is 6.00. The SMILES string of the molecule is NCc1cc(C(=O)NCC2(c3ccc(Cl)cc3)CCCC2)co1. The van der Waals surface area contributed by atoms with Crippen molar-refractivity contribution in [2.24, 2.45) is 5.73 Å². The van der Waals surface area contributed by atoms with Crippen LogP contribution in [0.2, 0.25) is 5.02 Å². The molecule has 1 aliphatic carbocycles. The molecule has 3 rings (SSSR count). The van der Waals surface area contributed by atoms with Crippen LogP contribution in [0.1, 0.15) is 47.4 Å². The Morgan fingerprint density at radius 2 is 1.96 bits per heavy atom. The topological polar surface area (TPSA) is 68.3 Å². The van der Waals surface area contributed by atoms with Crippen molar-refractivity contribution in [2.45, 2.75) is 37.6 Å². The van der Waals surface area contributed by atoms with Crippen LogP contribution in [0, 0.1) is 0 Å². The van der Waals surface area contributed by atoms with Crippen LogP contribution in [0.25, 0.3) is 0 Å². The Balaban J connectivity index is 1.72. The standard InChI is InChI=1S/C18H21ClN2O2/c19-15-5-3-14(4-6-15)18(7-1-2-8-18)12-21-17(22)13-9-16(10-20)23-11-13/h3-6,9,11H,1-2,7-8,10,12,20H2,(H,21,22). The van der Waals surface area contributed by atoms with Crippen molar-refractivity contribution in [3.63, 3.8) is 0 Å². The van der Waals surface area contributed by atoms with E-state index in [1.165, 1.54) is 24.7 Å². The number of rotatable bonds is 5. The maximum Gasteiger partial charge on any atom is 0.254 e. The maximum absolute atomic E-state index is 12.3. The summed E-state index contributed by atoms with van der Waals surface area (Å²) < 4.78 is 5.23. The molecule has 4 nitrogen and oxygen atoms in total. The van der Waals surface area contributed by atoms with Gasteiger partial charge in [-0.1, -0.05) is 36.6 Å². The van der Waals surface area contributed by atoms with Gasteiger partial charge in [0.25, 0.3) is 5.91 Å². The molecule has 1 amide bonds. The molecule has 1 aromatic carbocycles. The van der Waals surface area contributed by atoms with Gasteiger partial charge in [0.05, 0.1) is 12.1 Å². The van der Waals surface area contributed by atoms with Gasteiger partial charge >= 0.3 is 0 Å². The average molecular weight is 333 g/mol. The monoisotopic (exact) mass is 332 g/mol. The summed E-state index contributed by atoms with van der Waals surface area (Å²) in [6.07, 6.45) is 5.98. The molecule has 1 fully saturated rings. The highest BCUT2D eigenvalue weighted by molar-refractivity contribution is 6.30. The van der Waals surface area contributed by atoms with E-state index in [9.17, 15) is 4.79 Å². The molecule has 0 bridgehead atoms. The quantitative estimate of drug-likeness (QED) is 0.878. The third kappa shape index (κ3) is 3.43.